The molecule has 1 aromatic rings. The maximum Gasteiger partial charge on any atom is 0.251 e. The summed E-state index contributed by atoms with van der Waals surface area (Å²) in [5.41, 5.74) is 6.56. The molecule has 0 fully saturated rings. The van der Waals surface area contributed by atoms with Crippen molar-refractivity contribution in [3.63, 3.8) is 0 Å². The van der Waals surface area contributed by atoms with Gasteiger partial charge in [-0.3, -0.25) is 9.59 Å². The number of nitrogens with one attached hydrogen (secondary N) is 2. The van der Waals surface area contributed by atoms with Crippen molar-refractivity contribution in [1.29, 1.82) is 0 Å². The molecule has 0 aliphatic carbocycles. The molecule has 6 nitrogen and oxygen atoms in total. The zero-order valence-corrected chi connectivity index (χ0v) is 11.6. The van der Waals surface area contributed by atoms with Crippen LogP contribution in [0.5, 0.6) is 0 Å². The summed E-state index contributed by atoms with van der Waals surface area (Å²) in [4.78, 5) is 23.2. The maximum atomic E-state index is 11.7. The molecule has 0 heterocycles. The van der Waals surface area contributed by atoms with Crippen LogP contribution in [0.1, 0.15) is 30.1 Å². The first-order valence-corrected chi connectivity index (χ1v) is 6.57. The number of nitrogens with two attached hydrogens (primary N) is 1. The molecular formula is C14H21N3O3. The topological polar surface area (TPSA) is 104 Å². The van der Waals surface area contributed by atoms with E-state index in [1.54, 1.807) is 31.2 Å². The van der Waals surface area contributed by atoms with Gasteiger partial charge in [0.2, 0.25) is 5.91 Å². The van der Waals surface area contributed by atoms with E-state index in [2.05, 4.69) is 10.6 Å². The van der Waals surface area contributed by atoms with Gasteiger partial charge in [0.05, 0.1) is 12.6 Å². The molecule has 0 spiro atoms. The molecule has 1 rings (SSSR count). The standard InChI is InChI=1S/C14H21N3O3/c1-10(18)3-2-8-16-13(19)9-17-14(20)11-4-6-12(15)7-5-11/h4-7,10,18H,2-3,8-9,15H2,1H3,(H,16,19)(H,17,20). The lowest BCUT2D eigenvalue weighted by Crippen LogP contribution is -2.37. The highest BCUT2D eigenvalue weighted by molar-refractivity contribution is 5.96. The van der Waals surface area contributed by atoms with Crippen molar-refractivity contribution in [2.24, 2.45) is 0 Å². The minimum Gasteiger partial charge on any atom is -0.399 e. The zero-order chi connectivity index (χ0) is 15.0. The highest BCUT2D eigenvalue weighted by Crippen LogP contribution is 2.04. The number of benzene rings is 1. The van der Waals surface area contributed by atoms with Gasteiger partial charge < -0.3 is 21.5 Å². The number of hydrogen-bond acceptors (Lipinski definition) is 4. The van der Waals surface area contributed by atoms with Crippen molar-refractivity contribution >= 4 is 17.5 Å². The van der Waals surface area contributed by atoms with Crippen molar-refractivity contribution in [3.05, 3.63) is 29.8 Å². The van der Waals surface area contributed by atoms with Gasteiger partial charge in [0, 0.05) is 17.8 Å². The van der Waals surface area contributed by atoms with E-state index < -0.39 is 0 Å². The van der Waals surface area contributed by atoms with Crippen LogP contribution in [0, 0.1) is 0 Å². The molecule has 0 aliphatic heterocycles. The Labute approximate surface area is 118 Å². The number of carbonyl (C=O) groups excluding carboxylic acids is 2. The van der Waals surface area contributed by atoms with E-state index in [-0.39, 0.29) is 24.5 Å². The average Bonchev–Trinajstić information content (AvgIpc) is 2.41. The van der Waals surface area contributed by atoms with Crippen LogP contribution in [0.3, 0.4) is 0 Å². The number of aliphatic hydroxyl groups is 1. The Morgan fingerprint density at radius 2 is 1.90 bits per heavy atom. The van der Waals surface area contributed by atoms with Crippen molar-refractivity contribution < 1.29 is 14.7 Å². The lowest BCUT2D eigenvalue weighted by atomic mass is 10.2. The van der Waals surface area contributed by atoms with Crippen LogP contribution in [0.2, 0.25) is 0 Å². The highest BCUT2D eigenvalue weighted by Gasteiger charge is 2.07. The summed E-state index contributed by atoms with van der Waals surface area (Å²) in [6.07, 6.45) is 0.977. The third kappa shape index (κ3) is 6.19. The monoisotopic (exact) mass is 279 g/mol. The second kappa shape index (κ2) is 8.16. The molecule has 0 radical (unpaired) electrons. The van der Waals surface area contributed by atoms with E-state index >= 15 is 0 Å². The number of anilines is 1. The molecule has 20 heavy (non-hydrogen) atoms. The second-order valence-corrected chi connectivity index (χ2v) is 4.65. The van der Waals surface area contributed by atoms with Crippen LogP contribution in [-0.2, 0) is 4.79 Å². The number of nitrogen functional groups attached to an aromatic ring is 1. The largest absolute Gasteiger partial charge is 0.399 e. The van der Waals surface area contributed by atoms with Crippen molar-refractivity contribution in [2.45, 2.75) is 25.9 Å². The first-order valence-electron chi connectivity index (χ1n) is 6.57. The van der Waals surface area contributed by atoms with Gasteiger partial charge >= 0.3 is 0 Å². The molecule has 0 aromatic heterocycles. The first-order chi connectivity index (χ1) is 9.49. The van der Waals surface area contributed by atoms with Crippen LogP contribution >= 0.6 is 0 Å². The number of rotatable bonds is 7. The molecule has 5 N–H and O–H groups in total. The summed E-state index contributed by atoms with van der Waals surface area (Å²) in [6, 6.07) is 6.46. The summed E-state index contributed by atoms with van der Waals surface area (Å²) in [7, 11) is 0. The molecule has 0 saturated carbocycles. The Morgan fingerprint density at radius 3 is 2.50 bits per heavy atom. The van der Waals surface area contributed by atoms with E-state index in [0.29, 0.717) is 30.6 Å². The Morgan fingerprint density at radius 1 is 1.25 bits per heavy atom. The van der Waals surface area contributed by atoms with Gasteiger partial charge in [0.1, 0.15) is 0 Å². The van der Waals surface area contributed by atoms with Crippen LogP contribution < -0.4 is 16.4 Å². The molecular weight excluding hydrogens is 258 g/mol. The Balaban J connectivity index is 2.23. The van der Waals surface area contributed by atoms with Crippen molar-refractivity contribution in [1.82, 2.24) is 10.6 Å². The fraction of sp³-hybridized carbons (Fsp3) is 0.429. The van der Waals surface area contributed by atoms with Crippen LogP contribution in [0.25, 0.3) is 0 Å². The zero-order valence-electron chi connectivity index (χ0n) is 11.6. The number of amides is 2. The van der Waals surface area contributed by atoms with Gasteiger partial charge in [-0.1, -0.05) is 0 Å². The van der Waals surface area contributed by atoms with E-state index in [9.17, 15) is 9.59 Å². The molecule has 2 amide bonds. The minimum atomic E-state index is -0.364. The van der Waals surface area contributed by atoms with Gasteiger partial charge in [0.25, 0.3) is 5.91 Å². The highest BCUT2D eigenvalue weighted by atomic mass is 16.3. The molecule has 1 aromatic carbocycles. The Kier molecular flexibility index (Phi) is 6.52. The van der Waals surface area contributed by atoms with E-state index in [4.69, 9.17) is 10.8 Å². The quantitative estimate of drug-likeness (QED) is 0.425. The maximum absolute atomic E-state index is 11.7. The Bertz CT molecular complexity index is 443. The normalized spacial score (nSPS) is 11.7. The van der Waals surface area contributed by atoms with Crippen molar-refractivity contribution in [3.8, 4) is 0 Å². The molecule has 110 valence electrons. The van der Waals surface area contributed by atoms with E-state index in [1.807, 2.05) is 0 Å². The summed E-state index contributed by atoms with van der Waals surface area (Å²) in [6.45, 7) is 2.12. The van der Waals surface area contributed by atoms with Gasteiger partial charge in [0.15, 0.2) is 0 Å². The minimum absolute atomic E-state index is 0.0715. The Hall–Kier alpha value is -2.08. The van der Waals surface area contributed by atoms with Crippen LogP contribution in [-0.4, -0.2) is 36.1 Å². The smallest absolute Gasteiger partial charge is 0.251 e. The summed E-state index contributed by atoms with van der Waals surface area (Å²) in [5.74, 6) is -0.566. The fourth-order valence-corrected chi connectivity index (χ4v) is 1.58. The lowest BCUT2D eigenvalue weighted by molar-refractivity contribution is -0.120. The predicted octanol–water partition coefficient (Wildman–Crippen LogP) is 0.276. The van der Waals surface area contributed by atoms with Crippen LogP contribution in [0.15, 0.2) is 24.3 Å². The number of hydrogen-bond donors (Lipinski definition) is 4. The van der Waals surface area contributed by atoms with Gasteiger partial charge in [-0.25, -0.2) is 0 Å². The molecule has 1 unspecified atom stereocenters. The number of aliphatic hydroxyl groups excluding tert-OH is 1. The third-order valence-corrected chi connectivity index (χ3v) is 2.70. The summed E-state index contributed by atoms with van der Waals surface area (Å²) in [5, 5.41) is 14.3. The second-order valence-electron chi connectivity index (χ2n) is 4.65. The number of carbonyl (C=O) groups is 2. The van der Waals surface area contributed by atoms with E-state index in [1.165, 1.54) is 0 Å². The molecule has 0 bridgehead atoms. The third-order valence-electron chi connectivity index (χ3n) is 2.70. The fourth-order valence-electron chi connectivity index (χ4n) is 1.58. The SMILES string of the molecule is CC(O)CCCNC(=O)CNC(=O)c1ccc(N)cc1. The molecule has 0 aliphatic rings. The van der Waals surface area contributed by atoms with Gasteiger partial charge in [-0.2, -0.15) is 0 Å². The first kappa shape index (κ1) is 16.0. The summed E-state index contributed by atoms with van der Waals surface area (Å²) < 4.78 is 0. The molecule has 1 atom stereocenters. The van der Waals surface area contributed by atoms with Crippen LogP contribution in [0.4, 0.5) is 5.69 Å². The lowest BCUT2D eigenvalue weighted by Gasteiger charge is -2.08. The summed E-state index contributed by atoms with van der Waals surface area (Å²) >= 11 is 0. The molecule has 6 heteroatoms. The molecule has 0 saturated heterocycles. The average molecular weight is 279 g/mol. The van der Waals surface area contributed by atoms with E-state index in [0.717, 1.165) is 0 Å². The van der Waals surface area contributed by atoms with Gasteiger partial charge in [-0.15, -0.1) is 0 Å². The van der Waals surface area contributed by atoms with Crippen molar-refractivity contribution in [2.75, 3.05) is 18.8 Å². The van der Waals surface area contributed by atoms with Gasteiger partial charge in [-0.05, 0) is 44.0 Å². The predicted molar refractivity (Wildman–Crippen MR) is 77.1 cm³/mol.